The van der Waals surface area contributed by atoms with Crippen molar-refractivity contribution in [3.8, 4) is 0 Å². The van der Waals surface area contributed by atoms with E-state index in [2.05, 4.69) is 23.8 Å². The molecule has 1 aromatic heterocycles. The molecule has 1 heterocycles. The van der Waals surface area contributed by atoms with Crippen molar-refractivity contribution in [3.63, 3.8) is 0 Å². The first-order valence-electron chi connectivity index (χ1n) is 7.52. The normalized spacial score (nSPS) is 18.0. The zero-order chi connectivity index (χ0) is 15.6. The van der Waals surface area contributed by atoms with Crippen molar-refractivity contribution in [3.05, 3.63) is 29.5 Å². The number of ether oxygens (including phenoxy) is 1. The zero-order valence-corrected chi connectivity index (χ0v) is 13.6. The average Bonchev–Trinajstić information content (AvgIpc) is 2.39. The van der Waals surface area contributed by atoms with Gasteiger partial charge >= 0.3 is 5.97 Å². The lowest BCUT2D eigenvalue weighted by molar-refractivity contribution is -0.143. The predicted molar refractivity (Wildman–Crippen MR) is 82.3 cm³/mol. The molecule has 0 fully saturated rings. The summed E-state index contributed by atoms with van der Waals surface area (Å²) >= 11 is 0. The number of nitrogens with zero attached hydrogens (tertiary/aromatic N) is 2. The number of hydrogen-bond donors (Lipinski definition) is 0. The molecule has 4 nitrogen and oxygen atoms in total. The summed E-state index contributed by atoms with van der Waals surface area (Å²) in [5.74, 6) is 0.460. The smallest absolute Gasteiger partial charge is 0.313 e. The SMILES string of the molecule is Cc1nccnc1C1=C(OC(=O)C(C)C)CC(C)(C)CC1. The Kier molecular flexibility index (Phi) is 4.45. The Morgan fingerprint density at radius 2 is 1.95 bits per heavy atom. The van der Waals surface area contributed by atoms with E-state index in [1.807, 2.05) is 20.8 Å². The minimum Gasteiger partial charge on any atom is -0.430 e. The second kappa shape index (κ2) is 5.96. The topological polar surface area (TPSA) is 52.1 Å². The Labute approximate surface area is 126 Å². The Morgan fingerprint density at radius 3 is 2.57 bits per heavy atom. The van der Waals surface area contributed by atoms with Gasteiger partial charge in [0.1, 0.15) is 5.76 Å². The fourth-order valence-electron chi connectivity index (χ4n) is 2.52. The van der Waals surface area contributed by atoms with Gasteiger partial charge in [0.2, 0.25) is 0 Å². The van der Waals surface area contributed by atoms with Gasteiger partial charge in [0.15, 0.2) is 0 Å². The van der Waals surface area contributed by atoms with Crippen molar-refractivity contribution >= 4 is 11.5 Å². The molecule has 0 spiro atoms. The van der Waals surface area contributed by atoms with E-state index in [1.54, 1.807) is 12.4 Å². The van der Waals surface area contributed by atoms with Crippen LogP contribution in [0.1, 0.15) is 58.3 Å². The van der Waals surface area contributed by atoms with Gasteiger partial charge < -0.3 is 4.74 Å². The number of allylic oxidation sites excluding steroid dienone is 2. The molecule has 0 bridgehead atoms. The van der Waals surface area contributed by atoms with E-state index in [1.165, 1.54) is 0 Å². The van der Waals surface area contributed by atoms with E-state index in [0.29, 0.717) is 0 Å². The van der Waals surface area contributed by atoms with Crippen LogP contribution < -0.4 is 0 Å². The molecule has 21 heavy (non-hydrogen) atoms. The first kappa shape index (κ1) is 15.7. The molecule has 114 valence electrons. The third-order valence-electron chi connectivity index (χ3n) is 3.89. The van der Waals surface area contributed by atoms with Crippen molar-refractivity contribution in [2.45, 2.75) is 53.9 Å². The van der Waals surface area contributed by atoms with Gasteiger partial charge in [-0.3, -0.25) is 14.8 Å². The standard InChI is InChI=1S/C17H24N2O2/c1-11(2)16(20)21-14-10-17(4,5)7-6-13(14)15-12(3)18-8-9-19-15/h8-9,11H,6-7,10H2,1-5H3. The molecular formula is C17H24N2O2. The summed E-state index contributed by atoms with van der Waals surface area (Å²) in [4.78, 5) is 20.7. The summed E-state index contributed by atoms with van der Waals surface area (Å²) < 4.78 is 5.68. The van der Waals surface area contributed by atoms with Gasteiger partial charge in [-0.15, -0.1) is 0 Å². The molecule has 0 N–H and O–H groups in total. The first-order valence-corrected chi connectivity index (χ1v) is 7.52. The third-order valence-corrected chi connectivity index (χ3v) is 3.89. The van der Waals surface area contributed by atoms with Gasteiger partial charge in [0, 0.05) is 24.4 Å². The van der Waals surface area contributed by atoms with Crippen LogP contribution in [0.3, 0.4) is 0 Å². The van der Waals surface area contributed by atoms with E-state index in [0.717, 1.165) is 42.0 Å². The number of carbonyl (C=O) groups is 1. The van der Waals surface area contributed by atoms with E-state index in [-0.39, 0.29) is 17.3 Å². The van der Waals surface area contributed by atoms with Crippen LogP contribution in [0.15, 0.2) is 18.2 Å². The lowest BCUT2D eigenvalue weighted by Gasteiger charge is -2.32. The van der Waals surface area contributed by atoms with Gasteiger partial charge in [-0.1, -0.05) is 27.7 Å². The highest BCUT2D eigenvalue weighted by Crippen LogP contribution is 2.42. The van der Waals surface area contributed by atoms with E-state index >= 15 is 0 Å². The first-order chi connectivity index (χ1) is 9.80. The van der Waals surface area contributed by atoms with Gasteiger partial charge in [-0.25, -0.2) is 0 Å². The summed E-state index contributed by atoms with van der Waals surface area (Å²) in [5.41, 5.74) is 2.92. The van der Waals surface area contributed by atoms with Crippen molar-refractivity contribution in [1.82, 2.24) is 9.97 Å². The monoisotopic (exact) mass is 288 g/mol. The quantitative estimate of drug-likeness (QED) is 0.791. The zero-order valence-electron chi connectivity index (χ0n) is 13.6. The maximum atomic E-state index is 12.0. The van der Waals surface area contributed by atoms with Gasteiger partial charge in [-0.05, 0) is 25.2 Å². The number of hydrogen-bond acceptors (Lipinski definition) is 4. The molecule has 0 atom stereocenters. The molecule has 1 aliphatic rings. The molecule has 0 saturated carbocycles. The Morgan fingerprint density at radius 1 is 1.29 bits per heavy atom. The molecule has 2 rings (SSSR count). The van der Waals surface area contributed by atoms with Crippen LogP contribution in [0.5, 0.6) is 0 Å². The summed E-state index contributed by atoms with van der Waals surface area (Å²) in [7, 11) is 0. The fraction of sp³-hybridized carbons (Fsp3) is 0.588. The lowest BCUT2D eigenvalue weighted by atomic mass is 9.76. The van der Waals surface area contributed by atoms with Gasteiger partial charge in [0.05, 0.1) is 17.3 Å². The minimum atomic E-state index is -0.179. The molecule has 0 radical (unpaired) electrons. The van der Waals surface area contributed by atoms with Crippen LogP contribution in [0.2, 0.25) is 0 Å². The number of aromatic nitrogens is 2. The molecule has 0 aliphatic heterocycles. The summed E-state index contributed by atoms with van der Waals surface area (Å²) in [6.07, 6.45) is 6.06. The Balaban J connectivity index is 2.42. The van der Waals surface area contributed by atoms with Crippen molar-refractivity contribution in [1.29, 1.82) is 0 Å². The minimum absolute atomic E-state index is 0.133. The average molecular weight is 288 g/mol. The summed E-state index contributed by atoms with van der Waals surface area (Å²) in [6, 6.07) is 0. The summed E-state index contributed by atoms with van der Waals surface area (Å²) in [6.45, 7) is 10.1. The second-order valence-corrected chi connectivity index (χ2v) is 6.81. The third kappa shape index (κ3) is 3.69. The summed E-state index contributed by atoms with van der Waals surface area (Å²) in [5, 5.41) is 0. The number of carbonyl (C=O) groups excluding carboxylic acids is 1. The van der Waals surface area contributed by atoms with Gasteiger partial charge in [-0.2, -0.15) is 0 Å². The fourth-order valence-corrected chi connectivity index (χ4v) is 2.52. The highest BCUT2D eigenvalue weighted by atomic mass is 16.5. The Hall–Kier alpha value is -1.71. The van der Waals surface area contributed by atoms with Crippen molar-refractivity contribution in [2.75, 3.05) is 0 Å². The molecule has 1 aromatic rings. The van der Waals surface area contributed by atoms with Crippen LogP contribution >= 0.6 is 0 Å². The Bertz CT molecular complexity index is 574. The maximum Gasteiger partial charge on any atom is 0.313 e. The lowest BCUT2D eigenvalue weighted by Crippen LogP contribution is -2.23. The van der Waals surface area contributed by atoms with Gasteiger partial charge in [0.25, 0.3) is 0 Å². The van der Waals surface area contributed by atoms with Crippen molar-refractivity contribution < 1.29 is 9.53 Å². The highest BCUT2D eigenvalue weighted by Gasteiger charge is 2.31. The van der Waals surface area contributed by atoms with Crippen LogP contribution in [-0.2, 0) is 9.53 Å². The number of esters is 1. The van der Waals surface area contributed by atoms with Crippen LogP contribution in [-0.4, -0.2) is 15.9 Å². The molecule has 0 saturated heterocycles. The largest absolute Gasteiger partial charge is 0.430 e. The van der Waals surface area contributed by atoms with Crippen LogP contribution in [0, 0.1) is 18.3 Å². The number of rotatable bonds is 3. The molecular weight excluding hydrogens is 264 g/mol. The highest BCUT2D eigenvalue weighted by molar-refractivity contribution is 5.76. The predicted octanol–water partition coefficient (Wildman–Crippen LogP) is 3.91. The molecule has 0 amide bonds. The number of aryl methyl sites for hydroxylation is 1. The van der Waals surface area contributed by atoms with Crippen LogP contribution in [0.25, 0.3) is 5.57 Å². The van der Waals surface area contributed by atoms with E-state index in [9.17, 15) is 4.79 Å². The molecule has 1 aliphatic carbocycles. The van der Waals surface area contributed by atoms with E-state index < -0.39 is 0 Å². The molecule has 4 heteroatoms. The van der Waals surface area contributed by atoms with E-state index in [4.69, 9.17) is 4.74 Å². The molecule has 0 unspecified atom stereocenters. The molecule has 0 aromatic carbocycles. The van der Waals surface area contributed by atoms with Crippen LogP contribution in [0.4, 0.5) is 0 Å². The van der Waals surface area contributed by atoms with Crippen molar-refractivity contribution in [2.24, 2.45) is 11.3 Å². The second-order valence-electron chi connectivity index (χ2n) is 6.81. The maximum absolute atomic E-state index is 12.0.